The fraction of sp³-hybridized carbons (Fsp3) is 0.240. The van der Waals surface area contributed by atoms with Crippen molar-refractivity contribution in [3.8, 4) is 11.5 Å². The van der Waals surface area contributed by atoms with Gasteiger partial charge in [0.25, 0.3) is 10.0 Å². The number of benzene rings is 3. The van der Waals surface area contributed by atoms with Crippen LogP contribution < -0.4 is 19.1 Å². The number of carbonyl (C=O) groups is 1. The van der Waals surface area contributed by atoms with Crippen molar-refractivity contribution >= 4 is 21.6 Å². The van der Waals surface area contributed by atoms with Gasteiger partial charge < -0.3 is 14.8 Å². The van der Waals surface area contributed by atoms with Crippen LogP contribution in [0.2, 0.25) is 0 Å². The Hall–Kier alpha value is -3.52. The molecule has 0 spiro atoms. The first-order valence-electron chi connectivity index (χ1n) is 10.5. The standard InChI is InChI=1S/C25H28N2O5S/c1-19-17-23(13-14-24(19)32-3)33(29,30)27(21-7-5-4-6-8-21)18-25(28)26-16-15-20-9-11-22(31-2)12-10-20/h4-14,17H,15-16,18H2,1-3H3,(H,26,28). The maximum atomic E-state index is 13.5. The fourth-order valence-electron chi connectivity index (χ4n) is 3.37. The largest absolute Gasteiger partial charge is 0.497 e. The first-order valence-corrected chi connectivity index (χ1v) is 11.9. The van der Waals surface area contributed by atoms with E-state index in [0.29, 0.717) is 30.0 Å². The number of anilines is 1. The van der Waals surface area contributed by atoms with Gasteiger partial charge in [-0.1, -0.05) is 30.3 Å². The number of hydrogen-bond acceptors (Lipinski definition) is 5. The second-order valence-corrected chi connectivity index (χ2v) is 9.29. The van der Waals surface area contributed by atoms with Crippen LogP contribution in [0.4, 0.5) is 5.69 Å². The first-order chi connectivity index (χ1) is 15.8. The molecule has 0 radical (unpaired) electrons. The van der Waals surface area contributed by atoms with E-state index in [0.717, 1.165) is 15.6 Å². The molecule has 3 aromatic rings. The zero-order chi connectivity index (χ0) is 23.8. The second kappa shape index (κ2) is 10.9. The van der Waals surface area contributed by atoms with Gasteiger partial charge in [-0.3, -0.25) is 9.10 Å². The van der Waals surface area contributed by atoms with Crippen molar-refractivity contribution in [3.63, 3.8) is 0 Å². The van der Waals surface area contributed by atoms with Crippen LogP contribution in [0.3, 0.4) is 0 Å². The molecule has 1 N–H and O–H groups in total. The third-order valence-electron chi connectivity index (χ3n) is 5.18. The normalized spacial score (nSPS) is 11.0. The molecular formula is C25H28N2O5S. The van der Waals surface area contributed by atoms with Crippen LogP contribution in [-0.2, 0) is 21.2 Å². The number of ether oxygens (including phenoxy) is 2. The van der Waals surface area contributed by atoms with Crippen molar-refractivity contribution in [1.82, 2.24) is 5.32 Å². The van der Waals surface area contributed by atoms with Gasteiger partial charge in [-0.25, -0.2) is 8.42 Å². The Morgan fingerprint density at radius 3 is 2.24 bits per heavy atom. The summed E-state index contributed by atoms with van der Waals surface area (Å²) in [4.78, 5) is 12.8. The minimum atomic E-state index is -3.98. The predicted molar refractivity (Wildman–Crippen MR) is 128 cm³/mol. The van der Waals surface area contributed by atoms with Crippen molar-refractivity contribution in [1.29, 1.82) is 0 Å². The Balaban J connectivity index is 1.75. The Kier molecular flexibility index (Phi) is 7.95. The summed E-state index contributed by atoms with van der Waals surface area (Å²) in [6.45, 7) is 1.83. The van der Waals surface area contributed by atoms with E-state index in [2.05, 4.69) is 5.32 Å². The summed E-state index contributed by atoms with van der Waals surface area (Å²) >= 11 is 0. The molecule has 3 rings (SSSR count). The quantitative estimate of drug-likeness (QED) is 0.492. The smallest absolute Gasteiger partial charge is 0.264 e. The number of aryl methyl sites for hydroxylation is 1. The zero-order valence-electron chi connectivity index (χ0n) is 18.9. The molecule has 0 saturated heterocycles. The molecule has 1 amide bonds. The minimum Gasteiger partial charge on any atom is -0.497 e. The highest BCUT2D eigenvalue weighted by Crippen LogP contribution is 2.27. The number of nitrogens with zero attached hydrogens (tertiary/aromatic N) is 1. The highest BCUT2D eigenvalue weighted by atomic mass is 32.2. The number of amides is 1. The van der Waals surface area contributed by atoms with E-state index >= 15 is 0 Å². The summed E-state index contributed by atoms with van der Waals surface area (Å²) in [6.07, 6.45) is 0.617. The van der Waals surface area contributed by atoms with Crippen molar-refractivity contribution in [3.05, 3.63) is 83.9 Å². The molecule has 0 aliphatic rings. The molecule has 0 aliphatic heterocycles. The molecule has 0 saturated carbocycles. The maximum absolute atomic E-state index is 13.5. The van der Waals surface area contributed by atoms with Crippen LogP contribution in [0.1, 0.15) is 11.1 Å². The lowest BCUT2D eigenvalue weighted by Crippen LogP contribution is -2.41. The van der Waals surface area contributed by atoms with E-state index in [1.807, 2.05) is 24.3 Å². The van der Waals surface area contributed by atoms with Crippen LogP contribution in [-0.4, -0.2) is 41.6 Å². The number of methoxy groups -OCH3 is 2. The molecule has 33 heavy (non-hydrogen) atoms. The van der Waals surface area contributed by atoms with E-state index in [4.69, 9.17) is 9.47 Å². The van der Waals surface area contributed by atoms with Crippen molar-refractivity contribution in [2.75, 3.05) is 31.6 Å². The number of nitrogens with one attached hydrogen (secondary N) is 1. The van der Waals surface area contributed by atoms with Gasteiger partial charge in [-0.15, -0.1) is 0 Å². The molecule has 0 atom stereocenters. The minimum absolute atomic E-state index is 0.0932. The van der Waals surface area contributed by atoms with E-state index in [-0.39, 0.29) is 17.3 Å². The lowest BCUT2D eigenvalue weighted by molar-refractivity contribution is -0.119. The van der Waals surface area contributed by atoms with E-state index < -0.39 is 10.0 Å². The molecule has 3 aromatic carbocycles. The number of sulfonamides is 1. The van der Waals surface area contributed by atoms with Gasteiger partial charge in [0.1, 0.15) is 18.0 Å². The van der Waals surface area contributed by atoms with Crippen LogP contribution in [0.5, 0.6) is 11.5 Å². The summed E-state index contributed by atoms with van der Waals surface area (Å²) in [5, 5.41) is 2.82. The maximum Gasteiger partial charge on any atom is 0.264 e. The van der Waals surface area contributed by atoms with Crippen LogP contribution >= 0.6 is 0 Å². The summed E-state index contributed by atoms with van der Waals surface area (Å²) in [7, 11) is -0.842. The van der Waals surface area contributed by atoms with E-state index in [9.17, 15) is 13.2 Å². The highest BCUT2D eigenvalue weighted by molar-refractivity contribution is 7.92. The van der Waals surface area contributed by atoms with Gasteiger partial charge in [0.05, 0.1) is 24.8 Å². The number of hydrogen-bond donors (Lipinski definition) is 1. The van der Waals surface area contributed by atoms with Gasteiger partial charge in [-0.2, -0.15) is 0 Å². The Labute approximate surface area is 195 Å². The first kappa shape index (κ1) is 24.1. The SMILES string of the molecule is COc1ccc(CCNC(=O)CN(c2ccccc2)S(=O)(=O)c2ccc(OC)c(C)c2)cc1. The molecule has 0 heterocycles. The summed E-state index contributed by atoms with van der Waals surface area (Å²) < 4.78 is 38.4. The molecule has 0 unspecified atom stereocenters. The van der Waals surface area contributed by atoms with Crippen molar-refractivity contribution < 1.29 is 22.7 Å². The Morgan fingerprint density at radius 2 is 1.64 bits per heavy atom. The molecule has 174 valence electrons. The van der Waals surface area contributed by atoms with Crippen molar-refractivity contribution in [2.24, 2.45) is 0 Å². The summed E-state index contributed by atoms with van der Waals surface area (Å²) in [5.74, 6) is 0.970. The average Bonchev–Trinajstić information content (AvgIpc) is 2.83. The zero-order valence-corrected chi connectivity index (χ0v) is 19.8. The average molecular weight is 469 g/mol. The lowest BCUT2D eigenvalue weighted by Gasteiger charge is -2.24. The summed E-state index contributed by atoms with van der Waals surface area (Å²) in [6, 6.07) is 20.8. The molecule has 0 bridgehead atoms. The number of rotatable bonds is 10. The Morgan fingerprint density at radius 1 is 0.939 bits per heavy atom. The topological polar surface area (TPSA) is 84.9 Å². The Bertz CT molecular complexity index is 1180. The third kappa shape index (κ3) is 6.04. The third-order valence-corrected chi connectivity index (χ3v) is 6.95. The van der Waals surface area contributed by atoms with Gasteiger partial charge in [-0.05, 0) is 66.9 Å². The molecule has 0 aromatic heterocycles. The van der Waals surface area contributed by atoms with Gasteiger partial charge >= 0.3 is 0 Å². The predicted octanol–water partition coefficient (Wildman–Crippen LogP) is 3.57. The van der Waals surface area contributed by atoms with Gasteiger partial charge in [0.15, 0.2) is 0 Å². The van der Waals surface area contributed by atoms with Gasteiger partial charge in [0.2, 0.25) is 5.91 Å². The highest BCUT2D eigenvalue weighted by Gasteiger charge is 2.27. The van der Waals surface area contributed by atoms with Crippen LogP contribution in [0.25, 0.3) is 0 Å². The monoisotopic (exact) mass is 468 g/mol. The molecule has 0 aliphatic carbocycles. The van der Waals surface area contributed by atoms with E-state index in [1.165, 1.54) is 13.2 Å². The molecule has 7 nitrogen and oxygen atoms in total. The van der Waals surface area contributed by atoms with Crippen LogP contribution in [0.15, 0.2) is 77.7 Å². The van der Waals surface area contributed by atoms with Crippen LogP contribution in [0, 0.1) is 6.92 Å². The molecular weight excluding hydrogens is 440 g/mol. The second-order valence-electron chi connectivity index (χ2n) is 7.43. The molecule has 8 heteroatoms. The van der Waals surface area contributed by atoms with E-state index in [1.54, 1.807) is 56.5 Å². The number of para-hydroxylation sites is 1. The fourth-order valence-corrected chi connectivity index (χ4v) is 4.88. The number of carbonyl (C=O) groups excluding carboxylic acids is 1. The van der Waals surface area contributed by atoms with Gasteiger partial charge in [0, 0.05) is 6.54 Å². The lowest BCUT2D eigenvalue weighted by atomic mass is 10.1. The summed E-state index contributed by atoms with van der Waals surface area (Å²) in [5.41, 5.74) is 2.14. The molecule has 0 fully saturated rings. The van der Waals surface area contributed by atoms with Crippen molar-refractivity contribution in [2.45, 2.75) is 18.2 Å².